The fourth-order valence-electron chi connectivity index (χ4n) is 2.12. The normalized spacial score (nSPS) is 45.6. The summed E-state index contributed by atoms with van der Waals surface area (Å²) < 4.78 is 0. The molecule has 0 radical (unpaired) electrons. The van der Waals surface area contributed by atoms with E-state index in [9.17, 15) is 0 Å². The van der Waals surface area contributed by atoms with Crippen LogP contribution in [0.3, 0.4) is 0 Å². The van der Waals surface area contributed by atoms with Crippen LogP contribution in [-0.2, 0) is 0 Å². The molecule has 1 heterocycles. The Morgan fingerprint density at radius 2 is 2.50 bits per heavy atom. The van der Waals surface area contributed by atoms with Crippen molar-refractivity contribution < 1.29 is 0 Å². The van der Waals surface area contributed by atoms with Crippen molar-refractivity contribution in [3.05, 3.63) is 0 Å². The fraction of sp³-hybridized carbons (Fsp3) is 1.00. The van der Waals surface area contributed by atoms with Crippen LogP contribution in [0, 0.1) is 5.92 Å². The third-order valence-corrected chi connectivity index (χ3v) is 2.82. The van der Waals surface area contributed by atoms with Crippen molar-refractivity contribution in [3.8, 4) is 0 Å². The topological polar surface area (TPSA) is 29.3 Å². The Hall–Kier alpha value is -0.0800. The largest absolute Gasteiger partial charge is 0.324 e. The lowest BCUT2D eigenvalue weighted by molar-refractivity contribution is 0.299. The van der Waals surface area contributed by atoms with E-state index in [1.165, 1.54) is 25.9 Å². The van der Waals surface area contributed by atoms with Crippen molar-refractivity contribution in [1.29, 1.82) is 0 Å². The number of nitrogens with zero attached hydrogens (tertiary/aromatic N) is 1. The predicted molar refractivity (Wildman–Crippen MR) is 41.8 cm³/mol. The summed E-state index contributed by atoms with van der Waals surface area (Å²) in [6, 6.07) is 0. The molecule has 1 aliphatic carbocycles. The molecule has 0 aromatic carbocycles. The average molecular weight is 140 g/mol. The molecule has 2 rings (SSSR count). The Kier molecular flexibility index (Phi) is 1.29. The van der Waals surface area contributed by atoms with Crippen LogP contribution in [-0.4, -0.2) is 30.1 Å². The van der Waals surface area contributed by atoms with Crippen LogP contribution < -0.4 is 5.73 Å². The van der Waals surface area contributed by atoms with Crippen LogP contribution in [0.4, 0.5) is 0 Å². The molecule has 0 amide bonds. The second-order valence-corrected chi connectivity index (χ2v) is 3.87. The predicted octanol–water partition coefficient (Wildman–Crippen LogP) is 0.429. The summed E-state index contributed by atoms with van der Waals surface area (Å²) in [5, 5.41) is 0. The number of likely N-dealkylation sites (tertiary alicyclic amines) is 1. The summed E-state index contributed by atoms with van der Waals surface area (Å²) >= 11 is 0. The van der Waals surface area contributed by atoms with Gasteiger partial charge in [0.1, 0.15) is 0 Å². The van der Waals surface area contributed by atoms with Crippen molar-refractivity contribution in [2.24, 2.45) is 11.7 Å². The standard InChI is InChI=1S/C8H16N2/c1-2-3-10-5-7-4-8(7,9)6-10/h7H,2-6,9H2,1H3. The first-order valence-corrected chi connectivity index (χ1v) is 4.26. The van der Waals surface area contributed by atoms with Gasteiger partial charge in [0.2, 0.25) is 0 Å². The zero-order valence-corrected chi connectivity index (χ0v) is 6.64. The van der Waals surface area contributed by atoms with Gasteiger partial charge in [-0.05, 0) is 25.3 Å². The molecular formula is C8H16N2. The minimum Gasteiger partial charge on any atom is -0.324 e. The molecule has 1 saturated carbocycles. The number of hydrogen-bond donors (Lipinski definition) is 1. The third-order valence-electron chi connectivity index (χ3n) is 2.82. The van der Waals surface area contributed by atoms with Crippen molar-refractivity contribution in [2.45, 2.75) is 25.3 Å². The molecule has 2 atom stereocenters. The van der Waals surface area contributed by atoms with Crippen molar-refractivity contribution in [1.82, 2.24) is 4.90 Å². The number of piperidine rings is 1. The first-order valence-electron chi connectivity index (χ1n) is 4.26. The molecule has 1 aliphatic heterocycles. The van der Waals surface area contributed by atoms with Crippen LogP contribution in [0.2, 0.25) is 0 Å². The second-order valence-electron chi connectivity index (χ2n) is 3.87. The lowest BCUT2D eigenvalue weighted by atomic mass is 10.3. The SMILES string of the molecule is CCCN1CC2CC2(N)C1. The zero-order valence-electron chi connectivity index (χ0n) is 6.64. The van der Waals surface area contributed by atoms with Gasteiger partial charge in [0.15, 0.2) is 0 Å². The summed E-state index contributed by atoms with van der Waals surface area (Å²) in [6.45, 7) is 5.90. The highest BCUT2D eigenvalue weighted by Crippen LogP contribution is 2.46. The molecule has 10 heavy (non-hydrogen) atoms. The van der Waals surface area contributed by atoms with E-state index < -0.39 is 0 Å². The van der Waals surface area contributed by atoms with Gasteiger partial charge in [-0.25, -0.2) is 0 Å². The van der Waals surface area contributed by atoms with Crippen molar-refractivity contribution in [3.63, 3.8) is 0 Å². The van der Waals surface area contributed by atoms with Gasteiger partial charge in [0, 0.05) is 18.6 Å². The van der Waals surface area contributed by atoms with Gasteiger partial charge in [-0.3, -0.25) is 0 Å². The van der Waals surface area contributed by atoms with Gasteiger partial charge >= 0.3 is 0 Å². The van der Waals surface area contributed by atoms with Crippen molar-refractivity contribution in [2.75, 3.05) is 19.6 Å². The lowest BCUT2D eigenvalue weighted by Gasteiger charge is -2.17. The first kappa shape index (κ1) is 6.62. The van der Waals surface area contributed by atoms with Gasteiger partial charge in [0.05, 0.1) is 0 Å². The molecule has 2 fully saturated rings. The van der Waals surface area contributed by atoms with Crippen LogP contribution in [0.25, 0.3) is 0 Å². The smallest absolute Gasteiger partial charge is 0.0328 e. The van der Waals surface area contributed by atoms with Gasteiger partial charge in [-0.1, -0.05) is 6.92 Å². The van der Waals surface area contributed by atoms with Crippen LogP contribution >= 0.6 is 0 Å². The van der Waals surface area contributed by atoms with E-state index >= 15 is 0 Å². The third kappa shape index (κ3) is 0.867. The Labute approximate surface area is 62.4 Å². The molecule has 2 nitrogen and oxygen atoms in total. The van der Waals surface area contributed by atoms with E-state index in [0.717, 1.165) is 12.5 Å². The maximum absolute atomic E-state index is 6.03. The highest BCUT2D eigenvalue weighted by atomic mass is 15.2. The molecule has 0 bridgehead atoms. The lowest BCUT2D eigenvalue weighted by Crippen LogP contribution is -2.33. The highest BCUT2D eigenvalue weighted by molar-refractivity contribution is 5.15. The van der Waals surface area contributed by atoms with Crippen molar-refractivity contribution >= 4 is 0 Å². The Balaban J connectivity index is 1.86. The summed E-state index contributed by atoms with van der Waals surface area (Å²) in [7, 11) is 0. The molecule has 0 aromatic rings. The van der Waals surface area contributed by atoms with Gasteiger partial charge in [0.25, 0.3) is 0 Å². The minimum atomic E-state index is 0.259. The molecule has 2 aliphatic rings. The van der Waals surface area contributed by atoms with E-state index in [0.29, 0.717) is 0 Å². The van der Waals surface area contributed by atoms with Gasteiger partial charge in [-0.15, -0.1) is 0 Å². The van der Waals surface area contributed by atoms with E-state index in [-0.39, 0.29) is 5.54 Å². The van der Waals surface area contributed by atoms with Crippen LogP contribution in [0.1, 0.15) is 19.8 Å². The molecule has 2 unspecified atom stereocenters. The fourth-order valence-corrected chi connectivity index (χ4v) is 2.12. The average Bonchev–Trinajstić information content (AvgIpc) is 2.34. The maximum atomic E-state index is 6.03. The van der Waals surface area contributed by atoms with E-state index in [1.54, 1.807) is 0 Å². The summed E-state index contributed by atoms with van der Waals surface area (Å²) in [5.41, 5.74) is 6.29. The number of nitrogens with two attached hydrogens (primary N) is 1. The molecule has 0 aromatic heterocycles. The van der Waals surface area contributed by atoms with E-state index in [4.69, 9.17) is 5.73 Å². The quantitative estimate of drug-likeness (QED) is 0.602. The Bertz CT molecular complexity index is 146. The summed E-state index contributed by atoms with van der Waals surface area (Å²) in [4.78, 5) is 2.49. The zero-order chi connectivity index (χ0) is 7.19. The molecular weight excluding hydrogens is 124 g/mol. The molecule has 1 saturated heterocycles. The van der Waals surface area contributed by atoms with Gasteiger partial charge < -0.3 is 10.6 Å². The molecule has 0 spiro atoms. The molecule has 58 valence electrons. The molecule has 2 heteroatoms. The van der Waals surface area contributed by atoms with E-state index in [2.05, 4.69) is 11.8 Å². The second kappa shape index (κ2) is 1.95. The minimum absolute atomic E-state index is 0.259. The summed E-state index contributed by atoms with van der Waals surface area (Å²) in [5.74, 6) is 0.846. The Morgan fingerprint density at radius 1 is 1.70 bits per heavy atom. The molecule has 2 N–H and O–H groups in total. The Morgan fingerprint density at radius 3 is 3.00 bits per heavy atom. The van der Waals surface area contributed by atoms with Gasteiger partial charge in [-0.2, -0.15) is 0 Å². The first-order chi connectivity index (χ1) is 4.74. The maximum Gasteiger partial charge on any atom is 0.0328 e. The highest BCUT2D eigenvalue weighted by Gasteiger charge is 2.56. The van der Waals surface area contributed by atoms with E-state index in [1.807, 2.05) is 0 Å². The number of fused-ring (bicyclic) bond motifs is 1. The number of rotatable bonds is 2. The number of hydrogen-bond acceptors (Lipinski definition) is 2. The monoisotopic (exact) mass is 140 g/mol. The van der Waals surface area contributed by atoms with Crippen LogP contribution in [0.15, 0.2) is 0 Å². The summed E-state index contributed by atoms with van der Waals surface area (Å²) in [6.07, 6.45) is 2.55. The van der Waals surface area contributed by atoms with Crippen LogP contribution in [0.5, 0.6) is 0 Å².